The Morgan fingerprint density at radius 2 is 1.53 bits per heavy atom. The van der Waals surface area contributed by atoms with Crippen LogP contribution in [-0.4, -0.2) is 11.8 Å². The number of carbonyl (C=O) groups is 1. The Morgan fingerprint density at radius 1 is 1.05 bits per heavy atom. The first-order valence-corrected chi connectivity index (χ1v) is 6.91. The average molecular weight is 261 g/mol. The summed E-state index contributed by atoms with van der Waals surface area (Å²) in [7, 11) is 0. The van der Waals surface area contributed by atoms with Crippen LogP contribution >= 0.6 is 0 Å². The van der Waals surface area contributed by atoms with E-state index >= 15 is 0 Å². The van der Waals surface area contributed by atoms with E-state index < -0.39 is 6.04 Å². The first kappa shape index (κ1) is 15.9. The van der Waals surface area contributed by atoms with E-state index in [1.807, 2.05) is 20.8 Å². The monoisotopic (exact) mass is 261 g/mol. The molecule has 0 fully saturated rings. The molecule has 0 bridgehead atoms. The SMILES string of the molecule is CC(C)(C)C(=O)[C@H](N)Cc1ccc(C(C)(C)C)cc1. The highest BCUT2D eigenvalue weighted by Crippen LogP contribution is 2.23. The molecule has 0 aliphatic carbocycles. The lowest BCUT2D eigenvalue weighted by atomic mass is 9.83. The smallest absolute Gasteiger partial charge is 0.155 e. The molecule has 0 aliphatic rings. The van der Waals surface area contributed by atoms with Gasteiger partial charge < -0.3 is 5.73 Å². The highest BCUT2D eigenvalue weighted by molar-refractivity contribution is 5.88. The first-order chi connectivity index (χ1) is 8.51. The van der Waals surface area contributed by atoms with Crippen molar-refractivity contribution in [2.24, 2.45) is 11.1 Å². The lowest BCUT2D eigenvalue weighted by molar-refractivity contribution is -0.127. The third kappa shape index (κ3) is 4.46. The Balaban J connectivity index is 2.77. The van der Waals surface area contributed by atoms with Gasteiger partial charge >= 0.3 is 0 Å². The summed E-state index contributed by atoms with van der Waals surface area (Å²) < 4.78 is 0. The summed E-state index contributed by atoms with van der Waals surface area (Å²) in [6.07, 6.45) is 0.612. The van der Waals surface area contributed by atoms with Gasteiger partial charge in [-0.3, -0.25) is 4.79 Å². The minimum atomic E-state index is -0.416. The van der Waals surface area contributed by atoms with Crippen molar-refractivity contribution < 1.29 is 4.79 Å². The quantitative estimate of drug-likeness (QED) is 0.905. The van der Waals surface area contributed by atoms with Crippen LogP contribution in [0.25, 0.3) is 0 Å². The predicted molar refractivity (Wildman–Crippen MR) is 81.3 cm³/mol. The first-order valence-electron chi connectivity index (χ1n) is 6.91. The van der Waals surface area contributed by atoms with E-state index in [-0.39, 0.29) is 16.6 Å². The molecule has 0 saturated carbocycles. The maximum absolute atomic E-state index is 12.1. The largest absolute Gasteiger partial charge is 0.321 e. The summed E-state index contributed by atoms with van der Waals surface area (Å²) in [6.45, 7) is 12.3. The van der Waals surface area contributed by atoms with Gasteiger partial charge in [0.15, 0.2) is 5.78 Å². The fourth-order valence-electron chi connectivity index (χ4n) is 2.04. The fraction of sp³-hybridized carbons (Fsp3) is 0.588. The van der Waals surface area contributed by atoms with E-state index in [4.69, 9.17) is 5.73 Å². The van der Waals surface area contributed by atoms with Crippen LogP contribution < -0.4 is 5.73 Å². The molecule has 19 heavy (non-hydrogen) atoms. The van der Waals surface area contributed by atoms with Crippen LogP contribution in [0.1, 0.15) is 52.7 Å². The zero-order chi connectivity index (χ0) is 14.8. The highest BCUT2D eigenvalue weighted by atomic mass is 16.1. The second kappa shape index (κ2) is 5.46. The van der Waals surface area contributed by atoms with Crippen molar-refractivity contribution in [1.29, 1.82) is 0 Å². The molecule has 1 aromatic rings. The summed E-state index contributed by atoms with van der Waals surface area (Å²) >= 11 is 0. The van der Waals surface area contributed by atoms with Crippen LogP contribution in [0.3, 0.4) is 0 Å². The Bertz CT molecular complexity index is 432. The predicted octanol–water partition coefficient (Wildman–Crippen LogP) is 3.47. The molecule has 2 heteroatoms. The van der Waals surface area contributed by atoms with Crippen molar-refractivity contribution in [3.8, 4) is 0 Å². The van der Waals surface area contributed by atoms with Gasteiger partial charge in [0.2, 0.25) is 0 Å². The van der Waals surface area contributed by atoms with E-state index in [2.05, 4.69) is 45.0 Å². The number of hydrogen-bond donors (Lipinski definition) is 1. The van der Waals surface area contributed by atoms with E-state index in [1.165, 1.54) is 5.56 Å². The minimum Gasteiger partial charge on any atom is -0.321 e. The molecule has 0 saturated heterocycles. The number of nitrogens with two attached hydrogens (primary N) is 1. The van der Waals surface area contributed by atoms with Gasteiger partial charge in [-0.15, -0.1) is 0 Å². The van der Waals surface area contributed by atoms with Gasteiger partial charge in [-0.05, 0) is 23.0 Å². The Hall–Kier alpha value is -1.15. The third-order valence-corrected chi connectivity index (χ3v) is 3.35. The molecule has 2 N–H and O–H groups in total. The van der Waals surface area contributed by atoms with Crippen LogP contribution in [-0.2, 0) is 16.6 Å². The van der Waals surface area contributed by atoms with Crippen molar-refractivity contribution in [2.45, 2.75) is 59.4 Å². The van der Waals surface area contributed by atoms with Crippen LogP contribution in [0.2, 0.25) is 0 Å². The second-order valence-corrected chi connectivity index (χ2v) is 7.37. The molecule has 0 heterocycles. The maximum atomic E-state index is 12.1. The van der Waals surface area contributed by atoms with Gasteiger partial charge in [0, 0.05) is 5.41 Å². The van der Waals surface area contributed by atoms with Gasteiger partial charge in [0.25, 0.3) is 0 Å². The van der Waals surface area contributed by atoms with E-state index in [0.717, 1.165) is 5.56 Å². The van der Waals surface area contributed by atoms with Gasteiger partial charge in [0.1, 0.15) is 0 Å². The summed E-state index contributed by atoms with van der Waals surface area (Å²) in [6, 6.07) is 8.00. The lowest BCUT2D eigenvalue weighted by Gasteiger charge is -2.22. The number of ketones is 1. The zero-order valence-electron chi connectivity index (χ0n) is 13.1. The van der Waals surface area contributed by atoms with Crippen LogP contribution in [0.15, 0.2) is 24.3 Å². The van der Waals surface area contributed by atoms with Gasteiger partial charge in [-0.25, -0.2) is 0 Å². The van der Waals surface area contributed by atoms with Crippen molar-refractivity contribution in [2.75, 3.05) is 0 Å². The number of benzene rings is 1. The molecule has 0 amide bonds. The molecule has 1 atom stereocenters. The Kier molecular flexibility index (Phi) is 4.57. The van der Waals surface area contributed by atoms with Crippen molar-refractivity contribution in [3.05, 3.63) is 35.4 Å². The number of hydrogen-bond acceptors (Lipinski definition) is 2. The molecule has 0 spiro atoms. The molecule has 0 aromatic heterocycles. The topological polar surface area (TPSA) is 43.1 Å². The molecule has 2 nitrogen and oxygen atoms in total. The third-order valence-electron chi connectivity index (χ3n) is 3.35. The van der Waals surface area contributed by atoms with E-state index in [0.29, 0.717) is 6.42 Å². The van der Waals surface area contributed by atoms with Crippen molar-refractivity contribution in [1.82, 2.24) is 0 Å². The summed E-state index contributed by atoms with van der Waals surface area (Å²) in [4.78, 5) is 12.1. The van der Waals surface area contributed by atoms with Crippen molar-refractivity contribution >= 4 is 5.78 Å². The maximum Gasteiger partial charge on any atom is 0.155 e. The summed E-state index contributed by atoms with van der Waals surface area (Å²) in [5.74, 6) is 0.118. The van der Waals surface area contributed by atoms with E-state index in [1.54, 1.807) is 0 Å². The summed E-state index contributed by atoms with van der Waals surface area (Å²) in [5, 5.41) is 0. The number of Topliss-reactive ketones (excluding diaryl/α,β-unsaturated/α-hetero) is 1. The highest BCUT2D eigenvalue weighted by Gasteiger charge is 2.27. The normalized spacial score (nSPS) is 14.3. The number of rotatable bonds is 3. The molecule has 1 rings (SSSR count). The average Bonchev–Trinajstić information content (AvgIpc) is 2.26. The molecule has 106 valence electrons. The number of carbonyl (C=O) groups excluding carboxylic acids is 1. The van der Waals surface area contributed by atoms with Crippen LogP contribution in [0, 0.1) is 5.41 Å². The lowest BCUT2D eigenvalue weighted by Crippen LogP contribution is -2.40. The molecule has 1 aromatic carbocycles. The van der Waals surface area contributed by atoms with Gasteiger partial charge in [0.05, 0.1) is 6.04 Å². The molecular formula is C17H27NO. The standard InChI is InChI=1S/C17H27NO/c1-16(2,3)13-9-7-12(8-10-13)11-14(18)15(19)17(4,5)6/h7-10,14H,11,18H2,1-6H3/t14-/m1/s1. The van der Waals surface area contributed by atoms with Crippen LogP contribution in [0.4, 0.5) is 0 Å². The minimum absolute atomic E-state index is 0.118. The molecular weight excluding hydrogens is 234 g/mol. The summed E-state index contributed by atoms with van der Waals surface area (Å²) in [5.41, 5.74) is 8.22. The second-order valence-electron chi connectivity index (χ2n) is 7.37. The molecule has 0 aliphatic heterocycles. The molecule has 0 unspecified atom stereocenters. The zero-order valence-corrected chi connectivity index (χ0v) is 13.1. The Morgan fingerprint density at radius 3 is 1.89 bits per heavy atom. The fourth-order valence-corrected chi connectivity index (χ4v) is 2.04. The van der Waals surface area contributed by atoms with E-state index in [9.17, 15) is 4.79 Å². The Labute approximate surface area is 117 Å². The van der Waals surface area contributed by atoms with Gasteiger partial charge in [-0.1, -0.05) is 65.8 Å². The van der Waals surface area contributed by atoms with Crippen molar-refractivity contribution in [3.63, 3.8) is 0 Å². The van der Waals surface area contributed by atoms with Gasteiger partial charge in [-0.2, -0.15) is 0 Å². The molecule has 0 radical (unpaired) electrons. The van der Waals surface area contributed by atoms with Crippen LogP contribution in [0.5, 0.6) is 0 Å².